The SMILES string of the molecule is COCCOc1ccc(N2CC(S)CC2=O)cc1. The van der Waals surface area contributed by atoms with Crippen molar-refractivity contribution in [3.63, 3.8) is 0 Å². The summed E-state index contributed by atoms with van der Waals surface area (Å²) in [6.45, 7) is 1.76. The van der Waals surface area contributed by atoms with Crippen LogP contribution in [0.1, 0.15) is 6.42 Å². The van der Waals surface area contributed by atoms with Crippen molar-refractivity contribution in [2.24, 2.45) is 0 Å². The molecular weight excluding hydrogens is 250 g/mol. The van der Waals surface area contributed by atoms with Crippen LogP contribution in [0.25, 0.3) is 0 Å². The molecule has 5 heteroatoms. The van der Waals surface area contributed by atoms with Gasteiger partial charge in [-0.15, -0.1) is 0 Å². The molecule has 2 rings (SSSR count). The van der Waals surface area contributed by atoms with Crippen LogP contribution in [-0.4, -0.2) is 38.0 Å². The summed E-state index contributed by atoms with van der Waals surface area (Å²) in [6.07, 6.45) is 0.509. The zero-order valence-electron chi connectivity index (χ0n) is 10.3. The lowest BCUT2D eigenvalue weighted by atomic mass is 10.3. The van der Waals surface area contributed by atoms with E-state index in [-0.39, 0.29) is 11.2 Å². The van der Waals surface area contributed by atoms with E-state index in [1.54, 1.807) is 12.0 Å². The largest absolute Gasteiger partial charge is 0.491 e. The van der Waals surface area contributed by atoms with Crippen molar-refractivity contribution in [2.75, 3.05) is 31.8 Å². The van der Waals surface area contributed by atoms with Gasteiger partial charge in [-0.3, -0.25) is 4.79 Å². The summed E-state index contributed by atoms with van der Waals surface area (Å²) in [5.41, 5.74) is 0.899. The van der Waals surface area contributed by atoms with Gasteiger partial charge in [0, 0.05) is 31.0 Å². The maximum absolute atomic E-state index is 11.7. The number of amides is 1. The van der Waals surface area contributed by atoms with Crippen LogP contribution in [0, 0.1) is 0 Å². The second-order valence-corrected chi connectivity index (χ2v) is 4.93. The standard InChI is InChI=1S/C13H17NO3S/c1-16-6-7-17-11-4-2-10(3-5-11)14-9-12(18)8-13(14)15/h2-5,12,18H,6-9H2,1H3. The molecule has 1 heterocycles. The molecule has 1 saturated heterocycles. The predicted octanol–water partition coefficient (Wildman–Crippen LogP) is 1.75. The molecule has 0 radical (unpaired) electrons. The molecule has 1 amide bonds. The van der Waals surface area contributed by atoms with Crippen molar-refractivity contribution in [3.8, 4) is 5.75 Å². The van der Waals surface area contributed by atoms with Crippen LogP contribution in [0.5, 0.6) is 5.75 Å². The predicted molar refractivity (Wildman–Crippen MR) is 73.6 cm³/mol. The van der Waals surface area contributed by atoms with Crippen molar-refractivity contribution >= 4 is 24.2 Å². The molecule has 1 aromatic carbocycles. The van der Waals surface area contributed by atoms with E-state index in [0.717, 1.165) is 11.4 Å². The van der Waals surface area contributed by atoms with E-state index in [2.05, 4.69) is 12.6 Å². The highest BCUT2D eigenvalue weighted by atomic mass is 32.1. The van der Waals surface area contributed by atoms with Gasteiger partial charge in [0.05, 0.1) is 6.61 Å². The summed E-state index contributed by atoms with van der Waals surface area (Å²) in [4.78, 5) is 13.5. The van der Waals surface area contributed by atoms with E-state index in [1.165, 1.54) is 0 Å². The molecule has 18 heavy (non-hydrogen) atoms. The number of hydrogen-bond donors (Lipinski definition) is 1. The van der Waals surface area contributed by atoms with Crippen LogP contribution in [0.15, 0.2) is 24.3 Å². The zero-order chi connectivity index (χ0) is 13.0. The van der Waals surface area contributed by atoms with Crippen LogP contribution < -0.4 is 9.64 Å². The average molecular weight is 267 g/mol. The Hall–Kier alpha value is -1.20. The molecule has 0 spiro atoms. The second kappa shape index (κ2) is 6.11. The number of rotatable bonds is 5. The van der Waals surface area contributed by atoms with Crippen molar-refractivity contribution < 1.29 is 14.3 Å². The fourth-order valence-corrected chi connectivity index (χ4v) is 2.22. The number of nitrogens with zero attached hydrogens (tertiary/aromatic N) is 1. The highest BCUT2D eigenvalue weighted by molar-refractivity contribution is 7.81. The second-order valence-electron chi connectivity index (χ2n) is 4.20. The Labute approximate surface area is 112 Å². The van der Waals surface area contributed by atoms with Gasteiger partial charge in [-0.2, -0.15) is 12.6 Å². The Morgan fingerprint density at radius 3 is 2.61 bits per heavy atom. The van der Waals surface area contributed by atoms with Gasteiger partial charge in [0.2, 0.25) is 5.91 Å². The van der Waals surface area contributed by atoms with E-state index >= 15 is 0 Å². The highest BCUT2D eigenvalue weighted by Gasteiger charge is 2.28. The zero-order valence-corrected chi connectivity index (χ0v) is 11.2. The van der Waals surface area contributed by atoms with Crippen molar-refractivity contribution in [2.45, 2.75) is 11.7 Å². The average Bonchev–Trinajstić information content (AvgIpc) is 2.70. The fraction of sp³-hybridized carbons (Fsp3) is 0.462. The number of carbonyl (C=O) groups excluding carboxylic acids is 1. The maximum atomic E-state index is 11.7. The van der Waals surface area contributed by atoms with Gasteiger partial charge in [0.25, 0.3) is 0 Å². The third-order valence-corrected chi connectivity index (χ3v) is 3.16. The number of ether oxygens (including phenoxy) is 2. The Balaban J connectivity index is 1.97. The molecule has 0 N–H and O–H groups in total. The minimum absolute atomic E-state index is 0.128. The molecule has 4 nitrogen and oxygen atoms in total. The minimum atomic E-state index is 0.128. The topological polar surface area (TPSA) is 38.8 Å². The van der Waals surface area contributed by atoms with Gasteiger partial charge in [0.1, 0.15) is 12.4 Å². The summed E-state index contributed by atoms with van der Waals surface area (Å²) in [6, 6.07) is 7.52. The number of thiol groups is 1. The normalized spacial score (nSPS) is 19.3. The monoisotopic (exact) mass is 267 g/mol. The van der Waals surface area contributed by atoms with Gasteiger partial charge < -0.3 is 14.4 Å². The van der Waals surface area contributed by atoms with E-state index in [1.807, 2.05) is 24.3 Å². The summed E-state index contributed by atoms with van der Waals surface area (Å²) in [5.74, 6) is 0.910. The van der Waals surface area contributed by atoms with E-state index < -0.39 is 0 Å². The number of anilines is 1. The van der Waals surface area contributed by atoms with Gasteiger partial charge >= 0.3 is 0 Å². The molecule has 1 aliphatic heterocycles. The van der Waals surface area contributed by atoms with Crippen LogP contribution in [0.2, 0.25) is 0 Å². The van der Waals surface area contributed by atoms with E-state index in [4.69, 9.17) is 9.47 Å². The van der Waals surface area contributed by atoms with Crippen molar-refractivity contribution in [1.82, 2.24) is 0 Å². The van der Waals surface area contributed by atoms with Crippen molar-refractivity contribution in [1.29, 1.82) is 0 Å². The molecule has 1 atom stereocenters. The van der Waals surface area contributed by atoms with E-state index in [9.17, 15) is 4.79 Å². The van der Waals surface area contributed by atoms with Gasteiger partial charge in [-0.25, -0.2) is 0 Å². The molecule has 0 saturated carbocycles. The summed E-state index contributed by atoms with van der Waals surface area (Å²) in [5, 5.41) is 0.134. The van der Waals surface area contributed by atoms with Crippen LogP contribution in [0.4, 0.5) is 5.69 Å². The quantitative estimate of drug-likeness (QED) is 0.652. The van der Waals surface area contributed by atoms with Gasteiger partial charge in [-0.05, 0) is 24.3 Å². The highest BCUT2D eigenvalue weighted by Crippen LogP contribution is 2.25. The number of benzene rings is 1. The maximum Gasteiger partial charge on any atom is 0.228 e. The lowest BCUT2D eigenvalue weighted by molar-refractivity contribution is -0.117. The minimum Gasteiger partial charge on any atom is -0.491 e. The van der Waals surface area contributed by atoms with Crippen LogP contribution in [-0.2, 0) is 9.53 Å². The first-order valence-electron chi connectivity index (χ1n) is 5.91. The molecule has 1 fully saturated rings. The van der Waals surface area contributed by atoms with Crippen LogP contribution >= 0.6 is 12.6 Å². The summed E-state index contributed by atoms with van der Waals surface area (Å²) < 4.78 is 10.4. The molecule has 98 valence electrons. The Morgan fingerprint density at radius 1 is 1.33 bits per heavy atom. The lowest BCUT2D eigenvalue weighted by Crippen LogP contribution is -2.24. The van der Waals surface area contributed by atoms with Crippen molar-refractivity contribution in [3.05, 3.63) is 24.3 Å². The fourth-order valence-electron chi connectivity index (χ4n) is 1.90. The number of hydrogen-bond acceptors (Lipinski definition) is 4. The Bertz CT molecular complexity index is 407. The molecule has 0 aromatic heterocycles. The summed E-state index contributed by atoms with van der Waals surface area (Å²) >= 11 is 4.34. The molecule has 1 aromatic rings. The third-order valence-electron chi connectivity index (χ3n) is 2.81. The Morgan fingerprint density at radius 2 is 2.06 bits per heavy atom. The first-order chi connectivity index (χ1) is 8.70. The first-order valence-corrected chi connectivity index (χ1v) is 6.42. The number of methoxy groups -OCH3 is 1. The van der Waals surface area contributed by atoms with E-state index in [0.29, 0.717) is 26.2 Å². The molecule has 1 aliphatic rings. The first kappa shape index (κ1) is 13.2. The van der Waals surface area contributed by atoms with Crippen LogP contribution in [0.3, 0.4) is 0 Å². The lowest BCUT2D eigenvalue weighted by Gasteiger charge is -2.16. The summed E-state index contributed by atoms with van der Waals surface area (Å²) in [7, 11) is 1.64. The third kappa shape index (κ3) is 3.17. The Kier molecular flexibility index (Phi) is 4.49. The number of carbonyl (C=O) groups is 1. The van der Waals surface area contributed by atoms with Gasteiger partial charge in [-0.1, -0.05) is 0 Å². The molecule has 0 aliphatic carbocycles. The van der Waals surface area contributed by atoms with Gasteiger partial charge in [0.15, 0.2) is 0 Å². The molecular formula is C13H17NO3S. The smallest absolute Gasteiger partial charge is 0.228 e. The molecule has 0 bridgehead atoms. The molecule has 1 unspecified atom stereocenters.